The zero-order valence-corrected chi connectivity index (χ0v) is 17.0. The molecule has 7 nitrogen and oxygen atoms in total. The summed E-state index contributed by atoms with van der Waals surface area (Å²) >= 11 is 0. The van der Waals surface area contributed by atoms with E-state index in [0.717, 1.165) is 12.1 Å². The van der Waals surface area contributed by atoms with Crippen LogP contribution in [0, 0.1) is 12.7 Å². The highest BCUT2D eigenvalue weighted by atomic mass is 19.4. The van der Waals surface area contributed by atoms with Crippen molar-refractivity contribution < 1.29 is 31.9 Å². The lowest BCUT2D eigenvalue weighted by Gasteiger charge is -2.11. The molecule has 0 spiro atoms. The van der Waals surface area contributed by atoms with Gasteiger partial charge in [-0.3, -0.25) is 14.6 Å². The van der Waals surface area contributed by atoms with Crippen LogP contribution in [0.25, 0.3) is 5.69 Å². The van der Waals surface area contributed by atoms with E-state index in [0.29, 0.717) is 17.4 Å². The predicted molar refractivity (Wildman–Crippen MR) is 105 cm³/mol. The van der Waals surface area contributed by atoms with E-state index in [1.165, 1.54) is 30.1 Å². The molecule has 3 rings (SSSR count). The van der Waals surface area contributed by atoms with E-state index < -0.39 is 29.4 Å². The van der Waals surface area contributed by atoms with Crippen molar-refractivity contribution in [1.29, 1.82) is 0 Å². The van der Waals surface area contributed by atoms with E-state index in [2.05, 4.69) is 14.8 Å². The van der Waals surface area contributed by atoms with Gasteiger partial charge in [0, 0.05) is 18.3 Å². The molecule has 0 unspecified atom stereocenters. The van der Waals surface area contributed by atoms with Crippen LogP contribution in [0.3, 0.4) is 0 Å². The second kappa shape index (κ2) is 8.77. The Bertz CT molecular complexity index is 1190. The van der Waals surface area contributed by atoms with Crippen molar-refractivity contribution in [2.45, 2.75) is 25.9 Å². The Morgan fingerprint density at radius 2 is 1.91 bits per heavy atom. The number of esters is 1. The van der Waals surface area contributed by atoms with Gasteiger partial charge in [0.25, 0.3) is 5.91 Å². The number of ether oxygens (including phenoxy) is 1. The number of amides is 1. The van der Waals surface area contributed by atoms with Crippen LogP contribution < -0.4 is 5.73 Å². The molecule has 0 saturated carbocycles. The van der Waals surface area contributed by atoms with Gasteiger partial charge < -0.3 is 10.5 Å². The summed E-state index contributed by atoms with van der Waals surface area (Å²) in [6.45, 7) is 1.55. The van der Waals surface area contributed by atoms with E-state index in [1.54, 1.807) is 6.92 Å². The molecule has 0 aliphatic heterocycles. The Morgan fingerprint density at radius 3 is 2.53 bits per heavy atom. The van der Waals surface area contributed by atoms with Gasteiger partial charge in [-0.25, -0.2) is 9.07 Å². The number of hydrogen-bond donors (Lipinski definition) is 1. The normalized spacial score (nSPS) is 11.4. The van der Waals surface area contributed by atoms with Crippen LogP contribution in [0.4, 0.5) is 17.6 Å². The number of halogens is 4. The van der Waals surface area contributed by atoms with Crippen LogP contribution in [0.2, 0.25) is 0 Å². The third-order valence-corrected chi connectivity index (χ3v) is 4.66. The van der Waals surface area contributed by atoms with Crippen molar-refractivity contribution >= 4 is 11.9 Å². The third-order valence-electron chi connectivity index (χ3n) is 4.66. The molecular formula is C21H18F4N4O3. The topological polar surface area (TPSA) is 100 Å². The van der Waals surface area contributed by atoms with E-state index >= 15 is 0 Å². The fourth-order valence-corrected chi connectivity index (χ4v) is 3.30. The molecule has 11 heteroatoms. The molecule has 1 amide bonds. The maximum Gasteiger partial charge on any atom is 0.416 e. The van der Waals surface area contributed by atoms with Gasteiger partial charge in [0.15, 0.2) is 0 Å². The molecule has 0 saturated heterocycles. The summed E-state index contributed by atoms with van der Waals surface area (Å²) in [5.74, 6) is -2.41. The summed E-state index contributed by atoms with van der Waals surface area (Å²) in [4.78, 5) is 27.9. The minimum absolute atomic E-state index is 0.0636. The first-order valence-corrected chi connectivity index (χ1v) is 9.26. The van der Waals surface area contributed by atoms with E-state index in [-0.39, 0.29) is 35.4 Å². The van der Waals surface area contributed by atoms with E-state index in [1.807, 2.05) is 0 Å². The number of methoxy groups -OCH3 is 1. The van der Waals surface area contributed by atoms with Crippen LogP contribution in [0.15, 0.2) is 36.5 Å². The average Bonchev–Trinajstić information content (AvgIpc) is 3.03. The molecular weight excluding hydrogens is 432 g/mol. The number of aromatic nitrogens is 3. The van der Waals surface area contributed by atoms with Crippen LogP contribution >= 0.6 is 0 Å². The van der Waals surface area contributed by atoms with Crippen LogP contribution in [0.1, 0.15) is 38.6 Å². The molecule has 0 fully saturated rings. The summed E-state index contributed by atoms with van der Waals surface area (Å²) in [6, 6.07) is 5.31. The smallest absolute Gasteiger partial charge is 0.416 e. The third kappa shape index (κ3) is 4.93. The number of carbonyl (C=O) groups is 2. The number of alkyl halides is 3. The van der Waals surface area contributed by atoms with Crippen molar-refractivity contribution in [3.63, 3.8) is 0 Å². The van der Waals surface area contributed by atoms with Crippen molar-refractivity contribution in [2.75, 3.05) is 7.11 Å². The van der Waals surface area contributed by atoms with Gasteiger partial charge in [0.2, 0.25) is 0 Å². The highest BCUT2D eigenvalue weighted by Gasteiger charge is 2.31. The maximum atomic E-state index is 13.7. The number of carbonyl (C=O) groups excluding carboxylic acids is 2. The minimum atomic E-state index is -4.69. The fraction of sp³-hybridized carbons (Fsp3) is 0.238. The monoisotopic (exact) mass is 450 g/mol. The number of nitrogens with two attached hydrogens (primary N) is 1. The number of nitrogens with zero attached hydrogens (tertiary/aromatic N) is 3. The van der Waals surface area contributed by atoms with E-state index in [9.17, 15) is 27.2 Å². The molecule has 0 bridgehead atoms. The molecule has 168 valence electrons. The van der Waals surface area contributed by atoms with Crippen molar-refractivity contribution in [3.8, 4) is 5.69 Å². The fourth-order valence-electron chi connectivity index (χ4n) is 3.30. The number of primary amides is 1. The molecule has 0 radical (unpaired) electrons. The number of benzene rings is 1. The molecule has 1 aromatic carbocycles. The Labute approximate surface area is 179 Å². The second-order valence-electron chi connectivity index (χ2n) is 6.96. The first-order chi connectivity index (χ1) is 15.0. The molecule has 0 aliphatic rings. The Morgan fingerprint density at radius 1 is 1.19 bits per heavy atom. The first kappa shape index (κ1) is 22.9. The van der Waals surface area contributed by atoms with Crippen LogP contribution in [-0.4, -0.2) is 33.8 Å². The molecule has 3 aromatic rings. The average molecular weight is 450 g/mol. The van der Waals surface area contributed by atoms with Gasteiger partial charge in [-0.15, -0.1) is 0 Å². The Hall–Kier alpha value is -3.76. The largest absolute Gasteiger partial charge is 0.469 e. The summed E-state index contributed by atoms with van der Waals surface area (Å²) < 4.78 is 58.7. The van der Waals surface area contributed by atoms with Gasteiger partial charge in [-0.1, -0.05) is 0 Å². The minimum Gasteiger partial charge on any atom is -0.469 e. The first-order valence-electron chi connectivity index (χ1n) is 9.26. The Balaban J connectivity index is 2.02. The summed E-state index contributed by atoms with van der Waals surface area (Å²) in [5.41, 5.74) is 5.66. The molecule has 0 atom stereocenters. The zero-order valence-electron chi connectivity index (χ0n) is 17.0. The summed E-state index contributed by atoms with van der Waals surface area (Å²) in [6.07, 6.45) is -3.68. The highest BCUT2D eigenvalue weighted by Crippen LogP contribution is 2.31. The SMILES string of the molecule is COC(=O)Cc1c(C(N)=O)c(C)nn1-c1ccnc(Cc2cc(F)cc(C(F)(F)F)c2)c1. The Kier molecular flexibility index (Phi) is 6.28. The second-order valence-corrected chi connectivity index (χ2v) is 6.96. The standard InChI is InChI=1S/C21H18F4N4O3/c1-11-19(20(26)31)17(10-18(30)32-2)29(28-11)16-3-4-27-15(9-16)7-12-5-13(21(23,24)25)8-14(22)6-12/h3-6,8-9H,7,10H2,1-2H3,(H2,26,31). The number of pyridine rings is 1. The molecule has 32 heavy (non-hydrogen) atoms. The number of hydrogen-bond acceptors (Lipinski definition) is 5. The van der Waals surface area contributed by atoms with Crippen molar-refractivity contribution in [2.24, 2.45) is 5.73 Å². The summed E-state index contributed by atoms with van der Waals surface area (Å²) in [7, 11) is 1.19. The highest BCUT2D eigenvalue weighted by molar-refractivity contribution is 5.96. The van der Waals surface area contributed by atoms with Crippen LogP contribution in [-0.2, 0) is 28.5 Å². The summed E-state index contributed by atoms with van der Waals surface area (Å²) in [5, 5.41) is 4.27. The van der Waals surface area contributed by atoms with Gasteiger partial charge >= 0.3 is 12.1 Å². The lowest BCUT2D eigenvalue weighted by molar-refractivity contribution is -0.140. The number of rotatable bonds is 6. The zero-order chi connectivity index (χ0) is 23.6. The molecule has 2 heterocycles. The van der Waals surface area contributed by atoms with Gasteiger partial charge in [-0.05, 0) is 42.8 Å². The lowest BCUT2D eigenvalue weighted by Crippen LogP contribution is -2.18. The van der Waals surface area contributed by atoms with Gasteiger partial charge in [-0.2, -0.15) is 18.3 Å². The van der Waals surface area contributed by atoms with Crippen molar-refractivity contribution in [1.82, 2.24) is 14.8 Å². The maximum absolute atomic E-state index is 13.7. The lowest BCUT2D eigenvalue weighted by atomic mass is 10.0. The van der Waals surface area contributed by atoms with Gasteiger partial charge in [0.1, 0.15) is 5.82 Å². The van der Waals surface area contributed by atoms with Crippen LogP contribution in [0.5, 0.6) is 0 Å². The molecule has 0 aliphatic carbocycles. The van der Waals surface area contributed by atoms with Crippen molar-refractivity contribution in [3.05, 3.63) is 76.1 Å². The number of aryl methyl sites for hydroxylation is 1. The molecule has 2 aromatic heterocycles. The quantitative estimate of drug-likeness (QED) is 0.460. The predicted octanol–water partition coefficient (Wildman–Crippen LogP) is 3.14. The van der Waals surface area contributed by atoms with E-state index in [4.69, 9.17) is 5.73 Å². The van der Waals surface area contributed by atoms with Gasteiger partial charge in [0.05, 0.1) is 41.7 Å². The molecule has 2 N–H and O–H groups in total.